The number of hydrogen-bond donors (Lipinski definition) is 1. The number of nitro groups is 1. The number of carbonyl (C=O) groups excluding carboxylic acids is 1. The lowest BCUT2D eigenvalue weighted by atomic mass is 10.1. The van der Waals surface area contributed by atoms with Gasteiger partial charge in [-0.15, -0.1) is 0 Å². The molecule has 7 heteroatoms. The van der Waals surface area contributed by atoms with Gasteiger partial charge in [-0.3, -0.25) is 19.8 Å². The molecule has 3 rings (SSSR count). The molecule has 2 aromatic carbocycles. The highest BCUT2D eigenvalue weighted by atomic mass is 16.6. The second kappa shape index (κ2) is 8.64. The Kier molecular flexibility index (Phi) is 6.03. The molecule has 1 aliphatic rings. The summed E-state index contributed by atoms with van der Waals surface area (Å²) in [4.78, 5) is 27.3. The van der Waals surface area contributed by atoms with Crippen LogP contribution in [0, 0.1) is 10.1 Å². The molecule has 1 saturated heterocycles. The van der Waals surface area contributed by atoms with E-state index in [4.69, 9.17) is 0 Å². The number of para-hydroxylation sites is 3. The van der Waals surface area contributed by atoms with E-state index in [9.17, 15) is 14.9 Å². The Labute approximate surface area is 158 Å². The first-order valence-electron chi connectivity index (χ1n) is 9.17. The summed E-state index contributed by atoms with van der Waals surface area (Å²) < 4.78 is 0. The Bertz CT molecular complexity index is 816. The second-order valence-corrected chi connectivity index (χ2v) is 6.57. The lowest BCUT2D eigenvalue weighted by Crippen LogP contribution is -2.48. The molecule has 1 aliphatic heterocycles. The number of nitrogens with one attached hydrogen (secondary N) is 1. The second-order valence-electron chi connectivity index (χ2n) is 6.57. The average Bonchev–Trinajstić information content (AvgIpc) is 2.69. The van der Waals surface area contributed by atoms with Crippen LogP contribution in [-0.2, 0) is 11.2 Å². The van der Waals surface area contributed by atoms with E-state index < -0.39 is 0 Å². The monoisotopic (exact) mass is 368 g/mol. The minimum atomic E-state index is -0.347. The van der Waals surface area contributed by atoms with Crippen LogP contribution in [0.25, 0.3) is 0 Å². The molecule has 0 bridgehead atoms. The first kappa shape index (κ1) is 18.8. The molecule has 7 nitrogen and oxygen atoms in total. The van der Waals surface area contributed by atoms with Crippen molar-refractivity contribution in [1.29, 1.82) is 0 Å². The van der Waals surface area contributed by atoms with Gasteiger partial charge in [-0.25, -0.2) is 0 Å². The Morgan fingerprint density at radius 2 is 1.74 bits per heavy atom. The van der Waals surface area contributed by atoms with Crippen LogP contribution in [0.5, 0.6) is 0 Å². The minimum absolute atomic E-state index is 0.0324. The number of carbonyl (C=O) groups is 1. The molecule has 27 heavy (non-hydrogen) atoms. The van der Waals surface area contributed by atoms with Gasteiger partial charge in [0, 0.05) is 37.9 Å². The zero-order valence-electron chi connectivity index (χ0n) is 15.4. The van der Waals surface area contributed by atoms with E-state index in [-0.39, 0.29) is 16.5 Å². The third-order valence-corrected chi connectivity index (χ3v) is 4.83. The number of hydrogen-bond acceptors (Lipinski definition) is 5. The van der Waals surface area contributed by atoms with Crippen molar-refractivity contribution in [2.75, 3.05) is 42.9 Å². The van der Waals surface area contributed by atoms with Gasteiger partial charge < -0.3 is 10.2 Å². The number of anilines is 2. The number of benzene rings is 2. The van der Waals surface area contributed by atoms with Crippen LogP contribution < -0.4 is 10.2 Å². The molecule has 0 radical (unpaired) electrons. The number of aryl methyl sites for hydroxylation is 1. The minimum Gasteiger partial charge on any atom is -0.363 e. The fourth-order valence-corrected chi connectivity index (χ4v) is 3.38. The molecule has 1 fully saturated rings. The maximum atomic E-state index is 12.4. The quantitative estimate of drug-likeness (QED) is 0.626. The zero-order valence-corrected chi connectivity index (χ0v) is 15.4. The van der Waals surface area contributed by atoms with Gasteiger partial charge in [0.05, 0.1) is 11.5 Å². The lowest BCUT2D eigenvalue weighted by Gasteiger charge is -2.35. The third-order valence-electron chi connectivity index (χ3n) is 4.83. The van der Waals surface area contributed by atoms with Crippen LogP contribution in [0.3, 0.4) is 0 Å². The summed E-state index contributed by atoms with van der Waals surface area (Å²) in [5.41, 5.74) is 2.75. The zero-order chi connectivity index (χ0) is 19.2. The van der Waals surface area contributed by atoms with Gasteiger partial charge in [0.1, 0.15) is 5.69 Å². The number of nitrogens with zero attached hydrogens (tertiary/aromatic N) is 3. The van der Waals surface area contributed by atoms with Crippen molar-refractivity contribution in [2.45, 2.75) is 13.3 Å². The SMILES string of the molecule is CCc1ccccc1NC(=O)CN1CCN(c2ccccc2[N+](=O)[O-])CC1. The maximum Gasteiger partial charge on any atom is 0.292 e. The molecule has 1 N–H and O–H groups in total. The molecule has 2 aromatic rings. The Balaban J connectivity index is 1.55. The fraction of sp³-hybridized carbons (Fsp3) is 0.350. The van der Waals surface area contributed by atoms with Gasteiger partial charge in [0.25, 0.3) is 5.69 Å². The number of piperazine rings is 1. The van der Waals surface area contributed by atoms with Crippen LogP contribution >= 0.6 is 0 Å². The Morgan fingerprint density at radius 3 is 2.44 bits per heavy atom. The molecule has 0 aromatic heterocycles. The summed E-state index contributed by atoms with van der Waals surface area (Å²) in [7, 11) is 0. The third kappa shape index (κ3) is 4.62. The van der Waals surface area contributed by atoms with Crippen molar-refractivity contribution in [3.63, 3.8) is 0 Å². The van der Waals surface area contributed by atoms with Crippen molar-refractivity contribution < 1.29 is 9.72 Å². The molecule has 142 valence electrons. The van der Waals surface area contributed by atoms with Crippen molar-refractivity contribution in [3.8, 4) is 0 Å². The summed E-state index contributed by atoms with van der Waals surface area (Å²) in [5.74, 6) is -0.0324. The van der Waals surface area contributed by atoms with Crippen LogP contribution in [0.1, 0.15) is 12.5 Å². The van der Waals surface area contributed by atoms with Gasteiger partial charge in [-0.2, -0.15) is 0 Å². The molecule has 0 aliphatic carbocycles. The van der Waals surface area contributed by atoms with E-state index in [1.807, 2.05) is 35.2 Å². The van der Waals surface area contributed by atoms with Crippen molar-refractivity contribution in [3.05, 3.63) is 64.2 Å². The fourth-order valence-electron chi connectivity index (χ4n) is 3.38. The van der Waals surface area contributed by atoms with E-state index in [1.54, 1.807) is 12.1 Å². The highest BCUT2D eigenvalue weighted by Gasteiger charge is 2.24. The summed E-state index contributed by atoms with van der Waals surface area (Å²) >= 11 is 0. The smallest absolute Gasteiger partial charge is 0.292 e. The summed E-state index contributed by atoms with van der Waals surface area (Å²) in [6, 6.07) is 14.6. The van der Waals surface area contributed by atoms with Crippen molar-refractivity contribution >= 4 is 23.0 Å². The number of nitro benzene ring substituents is 1. The highest BCUT2D eigenvalue weighted by molar-refractivity contribution is 5.93. The van der Waals surface area contributed by atoms with Gasteiger partial charge in [-0.05, 0) is 24.1 Å². The molecule has 0 unspecified atom stereocenters. The molecular formula is C20H24N4O3. The first-order valence-corrected chi connectivity index (χ1v) is 9.17. The van der Waals surface area contributed by atoms with E-state index in [1.165, 1.54) is 6.07 Å². The van der Waals surface area contributed by atoms with Crippen LogP contribution in [-0.4, -0.2) is 48.5 Å². The predicted octanol–water partition coefficient (Wildman–Crippen LogP) is 2.92. The van der Waals surface area contributed by atoms with Crippen molar-refractivity contribution in [2.24, 2.45) is 0 Å². The predicted molar refractivity (Wildman–Crippen MR) is 106 cm³/mol. The van der Waals surface area contributed by atoms with E-state index in [0.717, 1.165) is 17.7 Å². The van der Waals surface area contributed by atoms with Crippen molar-refractivity contribution in [1.82, 2.24) is 4.90 Å². The highest BCUT2D eigenvalue weighted by Crippen LogP contribution is 2.28. The summed E-state index contributed by atoms with van der Waals surface area (Å²) in [6.07, 6.45) is 0.866. The molecule has 0 spiro atoms. The Hall–Kier alpha value is -2.93. The molecule has 1 heterocycles. The normalized spacial score (nSPS) is 14.8. The van der Waals surface area contributed by atoms with E-state index in [0.29, 0.717) is 38.4 Å². The van der Waals surface area contributed by atoms with E-state index >= 15 is 0 Å². The molecule has 1 amide bonds. The lowest BCUT2D eigenvalue weighted by molar-refractivity contribution is -0.384. The summed E-state index contributed by atoms with van der Waals surface area (Å²) in [5, 5.41) is 14.2. The number of amides is 1. The first-order chi connectivity index (χ1) is 13.1. The largest absolute Gasteiger partial charge is 0.363 e. The Morgan fingerprint density at radius 1 is 1.07 bits per heavy atom. The molecular weight excluding hydrogens is 344 g/mol. The number of rotatable bonds is 6. The standard InChI is InChI=1S/C20H24N4O3/c1-2-16-7-3-4-8-17(16)21-20(25)15-22-11-13-23(14-12-22)18-9-5-6-10-19(18)24(26)27/h3-10H,2,11-15H2,1H3,(H,21,25). The van der Waals surface area contributed by atoms with Gasteiger partial charge in [0.2, 0.25) is 5.91 Å². The molecule has 0 saturated carbocycles. The van der Waals surface area contributed by atoms with E-state index in [2.05, 4.69) is 17.1 Å². The van der Waals surface area contributed by atoms with Crippen LogP contribution in [0.4, 0.5) is 17.1 Å². The molecule has 0 atom stereocenters. The van der Waals surface area contributed by atoms with Gasteiger partial charge in [-0.1, -0.05) is 37.3 Å². The topological polar surface area (TPSA) is 78.7 Å². The summed E-state index contributed by atoms with van der Waals surface area (Å²) in [6.45, 7) is 5.08. The van der Waals surface area contributed by atoms with Gasteiger partial charge in [0.15, 0.2) is 0 Å². The van der Waals surface area contributed by atoms with Crippen LogP contribution in [0.15, 0.2) is 48.5 Å². The van der Waals surface area contributed by atoms with Crippen LogP contribution in [0.2, 0.25) is 0 Å². The average molecular weight is 368 g/mol. The van der Waals surface area contributed by atoms with Gasteiger partial charge >= 0.3 is 0 Å². The maximum absolute atomic E-state index is 12.4.